The number of benzene rings is 1. The number of rotatable bonds is 6. The lowest BCUT2D eigenvalue weighted by Gasteiger charge is -2.18. The maximum absolute atomic E-state index is 5.92. The summed E-state index contributed by atoms with van der Waals surface area (Å²) in [4.78, 5) is 4.57. The molecule has 1 aromatic carbocycles. The van der Waals surface area contributed by atoms with Crippen LogP contribution >= 0.6 is 0 Å². The quantitative estimate of drug-likeness (QED) is 0.753. The number of nitrogen functional groups attached to an aromatic ring is 1. The zero-order chi connectivity index (χ0) is 15.4. The van der Waals surface area contributed by atoms with Crippen molar-refractivity contribution in [3.8, 4) is 0 Å². The number of hydrogen-bond donors (Lipinski definition) is 2. The maximum atomic E-state index is 5.92. The summed E-state index contributed by atoms with van der Waals surface area (Å²) in [5.41, 5.74) is 9.87. The van der Waals surface area contributed by atoms with Crippen LogP contribution in [0.15, 0.2) is 24.3 Å². The largest absolute Gasteiger partial charge is 0.399 e. The van der Waals surface area contributed by atoms with Crippen molar-refractivity contribution in [2.45, 2.75) is 53.0 Å². The Labute approximate surface area is 128 Å². The van der Waals surface area contributed by atoms with Gasteiger partial charge in [0.15, 0.2) is 0 Å². The highest BCUT2D eigenvalue weighted by atomic mass is 14.9. The van der Waals surface area contributed by atoms with Gasteiger partial charge in [-0.25, -0.2) is 0 Å². The SMILES string of the molecule is Cc1cc(NC(C)CCCC(C)C)c2cc(N)ccc2n1. The fourth-order valence-electron chi connectivity index (χ4n) is 2.67. The second kappa shape index (κ2) is 6.79. The number of aromatic nitrogens is 1. The highest BCUT2D eigenvalue weighted by Gasteiger charge is 2.08. The van der Waals surface area contributed by atoms with E-state index in [0.29, 0.717) is 6.04 Å². The van der Waals surface area contributed by atoms with Gasteiger partial charge in [-0.3, -0.25) is 4.98 Å². The van der Waals surface area contributed by atoms with Gasteiger partial charge < -0.3 is 11.1 Å². The molecule has 0 fully saturated rings. The minimum absolute atomic E-state index is 0.454. The highest BCUT2D eigenvalue weighted by molar-refractivity contribution is 5.93. The van der Waals surface area contributed by atoms with E-state index in [1.165, 1.54) is 19.3 Å². The molecule has 0 aliphatic carbocycles. The summed E-state index contributed by atoms with van der Waals surface area (Å²) >= 11 is 0. The molecule has 0 bridgehead atoms. The first-order chi connectivity index (χ1) is 9.95. The van der Waals surface area contributed by atoms with Crippen molar-refractivity contribution < 1.29 is 0 Å². The molecule has 2 aromatic rings. The number of fused-ring (bicyclic) bond motifs is 1. The number of pyridine rings is 1. The first kappa shape index (κ1) is 15.6. The number of aryl methyl sites for hydroxylation is 1. The summed E-state index contributed by atoms with van der Waals surface area (Å²) in [5.74, 6) is 0.779. The van der Waals surface area contributed by atoms with Gasteiger partial charge in [0.05, 0.1) is 5.52 Å². The van der Waals surface area contributed by atoms with Crippen molar-refractivity contribution in [2.24, 2.45) is 5.92 Å². The number of nitrogens with one attached hydrogen (secondary N) is 1. The monoisotopic (exact) mass is 285 g/mol. The Morgan fingerprint density at radius 3 is 2.62 bits per heavy atom. The Morgan fingerprint density at radius 1 is 1.14 bits per heavy atom. The molecule has 2 rings (SSSR count). The fraction of sp³-hybridized carbons (Fsp3) is 0.500. The molecule has 0 saturated heterocycles. The number of nitrogens with two attached hydrogens (primary N) is 1. The molecule has 0 aliphatic rings. The summed E-state index contributed by atoms with van der Waals surface area (Å²) in [7, 11) is 0. The summed E-state index contributed by atoms with van der Waals surface area (Å²) in [5, 5.41) is 4.74. The molecule has 0 amide bonds. The Morgan fingerprint density at radius 2 is 1.90 bits per heavy atom. The summed E-state index contributed by atoms with van der Waals surface area (Å²) in [6.45, 7) is 8.83. The molecule has 3 nitrogen and oxygen atoms in total. The van der Waals surface area contributed by atoms with Crippen LogP contribution in [0, 0.1) is 12.8 Å². The Kier molecular flexibility index (Phi) is 5.05. The molecule has 1 heterocycles. The van der Waals surface area contributed by atoms with Crippen molar-refractivity contribution in [1.82, 2.24) is 4.98 Å². The predicted molar refractivity (Wildman–Crippen MR) is 92.7 cm³/mol. The molecule has 1 unspecified atom stereocenters. The van der Waals surface area contributed by atoms with Crippen LogP contribution in [0.5, 0.6) is 0 Å². The van der Waals surface area contributed by atoms with E-state index >= 15 is 0 Å². The zero-order valence-electron chi connectivity index (χ0n) is 13.6. The third-order valence-corrected chi connectivity index (χ3v) is 3.78. The lowest BCUT2D eigenvalue weighted by molar-refractivity contribution is 0.520. The van der Waals surface area contributed by atoms with Gasteiger partial charge in [-0.1, -0.05) is 26.7 Å². The molecule has 3 heteroatoms. The maximum Gasteiger partial charge on any atom is 0.0727 e. The van der Waals surface area contributed by atoms with Gasteiger partial charge in [-0.05, 0) is 50.5 Å². The number of nitrogens with zero attached hydrogens (tertiary/aromatic N) is 1. The van der Waals surface area contributed by atoms with E-state index in [9.17, 15) is 0 Å². The van der Waals surface area contributed by atoms with Crippen molar-refractivity contribution in [1.29, 1.82) is 0 Å². The van der Waals surface area contributed by atoms with E-state index in [0.717, 1.165) is 33.9 Å². The Hall–Kier alpha value is -1.77. The van der Waals surface area contributed by atoms with Crippen molar-refractivity contribution in [3.63, 3.8) is 0 Å². The molecule has 0 aliphatic heterocycles. The summed E-state index contributed by atoms with van der Waals surface area (Å²) in [6.07, 6.45) is 3.73. The van der Waals surface area contributed by atoms with Crippen molar-refractivity contribution in [3.05, 3.63) is 30.0 Å². The third kappa shape index (κ3) is 4.35. The normalized spacial score (nSPS) is 12.8. The first-order valence-corrected chi connectivity index (χ1v) is 7.89. The van der Waals surface area contributed by atoms with E-state index in [2.05, 4.69) is 37.1 Å². The lowest BCUT2D eigenvalue weighted by Crippen LogP contribution is -2.15. The molecule has 0 saturated carbocycles. The average Bonchev–Trinajstić information content (AvgIpc) is 2.39. The lowest BCUT2D eigenvalue weighted by atomic mass is 10.0. The van der Waals surface area contributed by atoms with Crippen LogP contribution in [0.25, 0.3) is 10.9 Å². The second-order valence-corrected chi connectivity index (χ2v) is 6.46. The van der Waals surface area contributed by atoms with E-state index in [-0.39, 0.29) is 0 Å². The van der Waals surface area contributed by atoms with Gasteiger partial charge >= 0.3 is 0 Å². The number of hydrogen-bond acceptors (Lipinski definition) is 3. The van der Waals surface area contributed by atoms with Gasteiger partial charge in [0.25, 0.3) is 0 Å². The van der Waals surface area contributed by atoms with Gasteiger partial charge in [0.2, 0.25) is 0 Å². The van der Waals surface area contributed by atoms with Crippen LogP contribution in [0.4, 0.5) is 11.4 Å². The van der Waals surface area contributed by atoms with Crippen LogP contribution in [0.2, 0.25) is 0 Å². The van der Waals surface area contributed by atoms with Crippen LogP contribution in [-0.2, 0) is 0 Å². The number of anilines is 2. The Balaban J connectivity index is 2.15. The minimum Gasteiger partial charge on any atom is -0.399 e. The minimum atomic E-state index is 0.454. The molecule has 0 spiro atoms. The average molecular weight is 285 g/mol. The van der Waals surface area contributed by atoms with Gasteiger partial charge in [0.1, 0.15) is 0 Å². The molecule has 1 atom stereocenters. The summed E-state index contributed by atoms with van der Waals surface area (Å²) in [6, 6.07) is 8.47. The van der Waals surface area contributed by atoms with Crippen LogP contribution in [0.1, 0.15) is 45.7 Å². The topological polar surface area (TPSA) is 50.9 Å². The molecule has 0 radical (unpaired) electrons. The fourth-order valence-corrected chi connectivity index (χ4v) is 2.67. The third-order valence-electron chi connectivity index (χ3n) is 3.78. The molecule has 1 aromatic heterocycles. The summed E-state index contributed by atoms with van der Waals surface area (Å²) < 4.78 is 0. The van der Waals surface area contributed by atoms with Crippen molar-refractivity contribution >= 4 is 22.3 Å². The van der Waals surface area contributed by atoms with E-state index < -0.39 is 0 Å². The molecule has 114 valence electrons. The highest BCUT2D eigenvalue weighted by Crippen LogP contribution is 2.26. The Bertz CT molecular complexity index is 605. The smallest absolute Gasteiger partial charge is 0.0727 e. The molecule has 21 heavy (non-hydrogen) atoms. The predicted octanol–water partition coefficient (Wildman–Crippen LogP) is 4.75. The zero-order valence-corrected chi connectivity index (χ0v) is 13.6. The van der Waals surface area contributed by atoms with Crippen LogP contribution < -0.4 is 11.1 Å². The second-order valence-electron chi connectivity index (χ2n) is 6.46. The molecular weight excluding hydrogens is 258 g/mol. The molecule has 3 N–H and O–H groups in total. The van der Waals surface area contributed by atoms with Gasteiger partial charge in [-0.2, -0.15) is 0 Å². The van der Waals surface area contributed by atoms with Crippen LogP contribution in [0.3, 0.4) is 0 Å². The van der Waals surface area contributed by atoms with Crippen LogP contribution in [-0.4, -0.2) is 11.0 Å². The van der Waals surface area contributed by atoms with E-state index in [1.54, 1.807) is 0 Å². The van der Waals surface area contributed by atoms with E-state index in [1.807, 2.05) is 25.1 Å². The van der Waals surface area contributed by atoms with E-state index in [4.69, 9.17) is 5.73 Å². The van der Waals surface area contributed by atoms with Gasteiger partial charge in [-0.15, -0.1) is 0 Å². The van der Waals surface area contributed by atoms with Crippen molar-refractivity contribution in [2.75, 3.05) is 11.1 Å². The molecular formula is C18H27N3. The first-order valence-electron chi connectivity index (χ1n) is 7.89. The standard InChI is InChI=1S/C18H27N3/c1-12(2)6-5-7-13(3)20-18-10-14(4)21-17-9-8-15(19)11-16(17)18/h8-13H,5-7,19H2,1-4H3,(H,20,21). The van der Waals surface area contributed by atoms with Gasteiger partial charge in [0, 0.05) is 28.5 Å².